The molecule has 1 amide bonds. The van der Waals surface area contributed by atoms with Crippen molar-refractivity contribution >= 4 is 33.0 Å². The summed E-state index contributed by atoms with van der Waals surface area (Å²) in [7, 11) is -3.91. The van der Waals surface area contributed by atoms with Gasteiger partial charge in [0.1, 0.15) is 10.6 Å². The van der Waals surface area contributed by atoms with Crippen LogP contribution >= 0.6 is 0 Å². The van der Waals surface area contributed by atoms with E-state index in [4.69, 9.17) is 4.18 Å². The van der Waals surface area contributed by atoms with Gasteiger partial charge in [-0.05, 0) is 65.2 Å². The first-order valence-electron chi connectivity index (χ1n) is 10.3. The van der Waals surface area contributed by atoms with E-state index in [0.717, 1.165) is 21.9 Å². The minimum Gasteiger partial charge on any atom is -0.379 e. The molecule has 33 heavy (non-hydrogen) atoms. The van der Waals surface area contributed by atoms with E-state index in [0.29, 0.717) is 5.56 Å². The summed E-state index contributed by atoms with van der Waals surface area (Å²) < 4.78 is 29.9. The zero-order valence-corrected chi connectivity index (χ0v) is 18.7. The number of hydrogen-bond acceptors (Lipinski definition) is 5. The monoisotopic (exact) mass is 458 g/mol. The predicted molar refractivity (Wildman–Crippen MR) is 129 cm³/mol. The van der Waals surface area contributed by atoms with Gasteiger partial charge in [0.05, 0.1) is 12.6 Å². The molecule has 0 fully saturated rings. The van der Waals surface area contributed by atoms with Crippen molar-refractivity contribution in [2.45, 2.75) is 18.2 Å². The number of fused-ring (bicyclic) bond motifs is 1. The molecule has 0 aliphatic carbocycles. The highest BCUT2D eigenvalue weighted by Crippen LogP contribution is 2.20. The van der Waals surface area contributed by atoms with Gasteiger partial charge in [0.2, 0.25) is 5.91 Å². The van der Waals surface area contributed by atoms with Crippen LogP contribution in [0.1, 0.15) is 16.7 Å². The number of carbonyl (C=O) groups excluding carboxylic acids is 1. The molecule has 7 heteroatoms. The maximum atomic E-state index is 12.4. The van der Waals surface area contributed by atoms with E-state index >= 15 is 0 Å². The Bertz CT molecular complexity index is 1410. The van der Waals surface area contributed by atoms with Gasteiger partial charge in [-0.25, -0.2) is 5.43 Å². The van der Waals surface area contributed by atoms with Gasteiger partial charge in [0.15, 0.2) is 0 Å². The first-order valence-corrected chi connectivity index (χ1v) is 11.7. The Hall–Kier alpha value is -3.97. The number of hydrogen-bond donors (Lipinski definition) is 1. The highest BCUT2D eigenvalue weighted by atomic mass is 32.2. The van der Waals surface area contributed by atoms with Gasteiger partial charge >= 0.3 is 10.1 Å². The molecule has 0 atom stereocenters. The number of hydrazone groups is 1. The molecule has 166 valence electrons. The van der Waals surface area contributed by atoms with E-state index in [1.807, 2.05) is 49.4 Å². The molecular weight excluding hydrogens is 436 g/mol. The summed E-state index contributed by atoms with van der Waals surface area (Å²) in [5.74, 6) is -0.0422. The first kappa shape index (κ1) is 22.2. The third-order valence-electron chi connectivity index (χ3n) is 5.03. The third kappa shape index (κ3) is 5.64. The summed E-state index contributed by atoms with van der Waals surface area (Å²) in [5, 5.41) is 6.11. The number of carbonyl (C=O) groups is 1. The number of nitrogens with zero attached hydrogens (tertiary/aromatic N) is 1. The second-order valence-electron chi connectivity index (χ2n) is 7.53. The lowest BCUT2D eigenvalue weighted by Crippen LogP contribution is -2.19. The van der Waals surface area contributed by atoms with Crippen molar-refractivity contribution in [3.05, 3.63) is 108 Å². The fraction of sp³-hybridized carbons (Fsp3) is 0.0769. The zero-order valence-electron chi connectivity index (χ0n) is 17.9. The minimum atomic E-state index is -3.91. The smallest absolute Gasteiger partial charge is 0.339 e. The average molecular weight is 459 g/mol. The first-order chi connectivity index (χ1) is 15.9. The minimum absolute atomic E-state index is 0.0904. The molecule has 4 aromatic rings. The SMILES string of the molecule is Cc1ccc(S(=O)(=O)Oc2ccc(/C=N/NC(=O)Cc3cccc4ccccc34)cc2)cc1. The van der Waals surface area contributed by atoms with Crippen LogP contribution in [0, 0.1) is 6.92 Å². The molecule has 1 N–H and O–H groups in total. The summed E-state index contributed by atoms with van der Waals surface area (Å²) in [6.45, 7) is 1.88. The summed E-state index contributed by atoms with van der Waals surface area (Å²) in [5.41, 5.74) is 5.10. The Morgan fingerprint density at radius 2 is 1.61 bits per heavy atom. The largest absolute Gasteiger partial charge is 0.379 e. The van der Waals surface area contributed by atoms with Crippen LogP contribution in [-0.2, 0) is 21.3 Å². The summed E-state index contributed by atoms with van der Waals surface area (Å²) in [6.07, 6.45) is 1.70. The van der Waals surface area contributed by atoms with Crippen molar-refractivity contribution < 1.29 is 17.4 Å². The van der Waals surface area contributed by atoms with Crippen molar-refractivity contribution in [1.29, 1.82) is 0 Å². The van der Waals surface area contributed by atoms with Crippen LogP contribution < -0.4 is 9.61 Å². The highest BCUT2D eigenvalue weighted by Gasteiger charge is 2.16. The predicted octanol–water partition coefficient (Wildman–Crippen LogP) is 4.61. The molecule has 0 saturated heterocycles. The molecule has 0 aromatic heterocycles. The fourth-order valence-electron chi connectivity index (χ4n) is 3.33. The van der Waals surface area contributed by atoms with Crippen LogP contribution in [0.3, 0.4) is 0 Å². The van der Waals surface area contributed by atoms with E-state index in [2.05, 4.69) is 10.5 Å². The standard InChI is InChI=1S/C26H22N2O4S/c1-19-9-15-24(16-10-19)33(30,31)32-23-13-11-20(12-14-23)18-27-28-26(29)17-22-7-4-6-21-5-2-3-8-25(21)22/h2-16,18H,17H2,1H3,(H,28,29)/b27-18+. The molecule has 4 aromatic carbocycles. The molecule has 0 saturated carbocycles. The molecule has 0 spiro atoms. The number of aryl methyl sites for hydroxylation is 1. The third-order valence-corrected chi connectivity index (χ3v) is 6.29. The van der Waals surface area contributed by atoms with Crippen LogP contribution in [0.2, 0.25) is 0 Å². The lowest BCUT2D eigenvalue weighted by atomic mass is 10.0. The van der Waals surface area contributed by atoms with Gasteiger partial charge in [-0.1, -0.05) is 60.2 Å². The molecule has 0 aliphatic heterocycles. The normalized spacial score (nSPS) is 11.5. The quantitative estimate of drug-likeness (QED) is 0.249. The van der Waals surface area contributed by atoms with E-state index in [1.165, 1.54) is 30.5 Å². The van der Waals surface area contributed by atoms with Crippen LogP contribution in [0.15, 0.2) is 101 Å². The number of amides is 1. The average Bonchev–Trinajstić information content (AvgIpc) is 2.80. The number of rotatable bonds is 7. The molecular formula is C26H22N2O4S. The Morgan fingerprint density at radius 3 is 2.36 bits per heavy atom. The van der Waals surface area contributed by atoms with Gasteiger partial charge in [0.25, 0.3) is 0 Å². The Balaban J connectivity index is 1.35. The van der Waals surface area contributed by atoms with E-state index < -0.39 is 10.1 Å². The van der Waals surface area contributed by atoms with E-state index in [1.54, 1.807) is 24.3 Å². The van der Waals surface area contributed by atoms with Gasteiger partial charge in [-0.2, -0.15) is 13.5 Å². The Labute approximate surface area is 192 Å². The lowest BCUT2D eigenvalue weighted by Gasteiger charge is -2.07. The van der Waals surface area contributed by atoms with Crippen LogP contribution in [-0.4, -0.2) is 20.5 Å². The van der Waals surface area contributed by atoms with Crippen molar-refractivity contribution in [1.82, 2.24) is 5.43 Å². The second kappa shape index (κ2) is 9.67. The molecule has 0 bridgehead atoms. The molecule has 4 rings (SSSR count). The topological polar surface area (TPSA) is 84.8 Å². The second-order valence-corrected chi connectivity index (χ2v) is 9.07. The van der Waals surface area contributed by atoms with Crippen LogP contribution in [0.5, 0.6) is 5.75 Å². The maximum absolute atomic E-state index is 12.4. The molecule has 0 radical (unpaired) electrons. The van der Waals surface area contributed by atoms with E-state index in [9.17, 15) is 13.2 Å². The summed E-state index contributed by atoms with van der Waals surface area (Å²) in [6, 6.07) is 26.6. The van der Waals surface area contributed by atoms with Crippen molar-refractivity contribution in [3.8, 4) is 5.75 Å². The molecule has 0 aliphatic rings. The lowest BCUT2D eigenvalue weighted by molar-refractivity contribution is -0.120. The maximum Gasteiger partial charge on any atom is 0.339 e. The van der Waals surface area contributed by atoms with Crippen LogP contribution in [0.4, 0.5) is 0 Å². The highest BCUT2D eigenvalue weighted by molar-refractivity contribution is 7.87. The van der Waals surface area contributed by atoms with Crippen molar-refractivity contribution in [2.24, 2.45) is 5.10 Å². The van der Waals surface area contributed by atoms with E-state index in [-0.39, 0.29) is 23.0 Å². The molecule has 6 nitrogen and oxygen atoms in total. The fourth-order valence-corrected chi connectivity index (χ4v) is 4.26. The van der Waals surface area contributed by atoms with Gasteiger partial charge in [-0.15, -0.1) is 0 Å². The number of benzene rings is 4. The summed E-state index contributed by atoms with van der Waals surface area (Å²) >= 11 is 0. The van der Waals surface area contributed by atoms with Gasteiger partial charge in [-0.3, -0.25) is 4.79 Å². The Morgan fingerprint density at radius 1 is 0.909 bits per heavy atom. The molecule has 0 unspecified atom stereocenters. The zero-order chi connectivity index (χ0) is 23.3. The van der Waals surface area contributed by atoms with Gasteiger partial charge < -0.3 is 4.18 Å². The molecule has 0 heterocycles. The Kier molecular flexibility index (Phi) is 6.51. The number of nitrogens with one attached hydrogen (secondary N) is 1. The van der Waals surface area contributed by atoms with Crippen LogP contribution in [0.25, 0.3) is 10.8 Å². The van der Waals surface area contributed by atoms with Gasteiger partial charge in [0, 0.05) is 0 Å². The summed E-state index contributed by atoms with van der Waals surface area (Å²) in [4.78, 5) is 12.4. The van der Waals surface area contributed by atoms with Crippen molar-refractivity contribution in [2.75, 3.05) is 0 Å². The van der Waals surface area contributed by atoms with Crippen molar-refractivity contribution in [3.63, 3.8) is 0 Å².